The van der Waals surface area contributed by atoms with Crippen molar-refractivity contribution in [2.45, 2.75) is 18.9 Å². The summed E-state index contributed by atoms with van der Waals surface area (Å²) >= 11 is 0. The van der Waals surface area contributed by atoms with Crippen LogP contribution in [-0.4, -0.2) is 50.6 Å². The minimum absolute atomic E-state index is 0.0311. The van der Waals surface area contributed by atoms with Gasteiger partial charge >= 0.3 is 0 Å². The van der Waals surface area contributed by atoms with E-state index >= 15 is 0 Å². The number of nitrogens with two attached hydrogens (primary N) is 1. The third-order valence-corrected chi connectivity index (χ3v) is 3.50. The van der Waals surface area contributed by atoms with Crippen molar-refractivity contribution in [2.24, 2.45) is 5.73 Å². The summed E-state index contributed by atoms with van der Waals surface area (Å²) in [4.78, 5) is 14.1. The average molecular weight is 278 g/mol. The Morgan fingerprint density at radius 2 is 2.25 bits per heavy atom. The Bertz CT molecular complexity index is 476. The fourth-order valence-electron chi connectivity index (χ4n) is 2.39. The first-order valence-corrected chi connectivity index (χ1v) is 6.90. The summed E-state index contributed by atoms with van der Waals surface area (Å²) in [5.74, 6) is 1.32. The Balaban J connectivity index is 2.16. The number of carbonyl (C=O) groups is 1. The summed E-state index contributed by atoms with van der Waals surface area (Å²) in [7, 11) is 3.67. The largest absolute Gasteiger partial charge is 0.493 e. The number of Topliss-reactive ketones (excluding diaryl/α,β-unsaturated/α-hetero) is 1. The van der Waals surface area contributed by atoms with Crippen LogP contribution in [0.25, 0.3) is 0 Å². The molecular weight excluding hydrogens is 256 g/mol. The van der Waals surface area contributed by atoms with Gasteiger partial charge in [-0.3, -0.25) is 4.79 Å². The number of benzene rings is 1. The predicted molar refractivity (Wildman–Crippen MR) is 77.5 cm³/mol. The number of carbonyl (C=O) groups excluding carboxylic acids is 1. The molecule has 0 aromatic heterocycles. The molecule has 1 heterocycles. The van der Waals surface area contributed by atoms with Crippen molar-refractivity contribution in [2.75, 3.05) is 33.8 Å². The van der Waals surface area contributed by atoms with Crippen molar-refractivity contribution in [1.82, 2.24) is 4.90 Å². The zero-order chi connectivity index (χ0) is 14.5. The molecule has 2 N–H and O–H groups in total. The van der Waals surface area contributed by atoms with Gasteiger partial charge in [0.15, 0.2) is 17.3 Å². The zero-order valence-electron chi connectivity index (χ0n) is 12.1. The first-order valence-electron chi connectivity index (χ1n) is 6.90. The first kappa shape index (κ1) is 14.8. The van der Waals surface area contributed by atoms with Crippen LogP contribution in [-0.2, 0) is 0 Å². The van der Waals surface area contributed by atoms with E-state index in [0.29, 0.717) is 30.0 Å². The number of likely N-dealkylation sites (N-methyl/N-ethyl adjacent to an activating group) is 1. The number of ether oxygens (including phenoxy) is 2. The van der Waals surface area contributed by atoms with Crippen LogP contribution in [0.2, 0.25) is 0 Å². The molecule has 1 aromatic rings. The second-order valence-corrected chi connectivity index (χ2v) is 5.12. The lowest BCUT2D eigenvalue weighted by molar-refractivity contribution is 0.0984. The number of rotatable bonds is 6. The molecule has 1 aliphatic heterocycles. The Hall–Kier alpha value is -1.59. The molecule has 110 valence electrons. The Morgan fingerprint density at radius 1 is 1.45 bits per heavy atom. The highest BCUT2D eigenvalue weighted by Crippen LogP contribution is 2.30. The van der Waals surface area contributed by atoms with Crippen molar-refractivity contribution in [3.8, 4) is 11.5 Å². The van der Waals surface area contributed by atoms with E-state index in [1.165, 1.54) is 0 Å². The number of hydrogen-bond donors (Lipinski definition) is 1. The highest BCUT2D eigenvalue weighted by molar-refractivity contribution is 5.96. The molecule has 0 radical (unpaired) electrons. The molecule has 2 rings (SSSR count). The fraction of sp³-hybridized carbons (Fsp3) is 0.533. The number of likely N-dealkylation sites (tertiary alicyclic amines) is 1. The summed E-state index contributed by atoms with van der Waals surface area (Å²) in [6, 6.07) is 5.29. The van der Waals surface area contributed by atoms with Gasteiger partial charge in [-0.1, -0.05) is 0 Å². The number of nitrogens with zero attached hydrogens (tertiary/aromatic N) is 1. The van der Waals surface area contributed by atoms with E-state index in [2.05, 4.69) is 11.9 Å². The number of methoxy groups -OCH3 is 1. The molecule has 1 unspecified atom stereocenters. The standard InChI is InChI=1S/C15H22N2O3/c1-17-8-6-12(10-17)20-15-9-11(13(18)5-7-16)3-4-14(15)19-2/h3-4,9,12H,5-8,10,16H2,1-2H3. The fourth-order valence-corrected chi connectivity index (χ4v) is 2.39. The van der Waals surface area contributed by atoms with Crippen LogP contribution in [0.4, 0.5) is 0 Å². The highest BCUT2D eigenvalue weighted by atomic mass is 16.5. The molecule has 1 atom stereocenters. The van der Waals surface area contributed by atoms with Crippen LogP contribution >= 0.6 is 0 Å². The third-order valence-electron chi connectivity index (χ3n) is 3.50. The Morgan fingerprint density at radius 3 is 2.85 bits per heavy atom. The van der Waals surface area contributed by atoms with Gasteiger partial charge in [-0.15, -0.1) is 0 Å². The molecule has 0 spiro atoms. The van der Waals surface area contributed by atoms with Gasteiger partial charge in [0.25, 0.3) is 0 Å². The van der Waals surface area contributed by atoms with E-state index in [4.69, 9.17) is 15.2 Å². The zero-order valence-corrected chi connectivity index (χ0v) is 12.1. The first-order chi connectivity index (χ1) is 9.63. The molecule has 5 nitrogen and oxygen atoms in total. The van der Waals surface area contributed by atoms with E-state index in [1.807, 2.05) is 0 Å². The van der Waals surface area contributed by atoms with Crippen LogP contribution in [0.1, 0.15) is 23.2 Å². The maximum Gasteiger partial charge on any atom is 0.164 e. The minimum atomic E-state index is 0.0311. The van der Waals surface area contributed by atoms with E-state index < -0.39 is 0 Å². The van der Waals surface area contributed by atoms with Gasteiger partial charge in [0.05, 0.1) is 7.11 Å². The minimum Gasteiger partial charge on any atom is -0.493 e. The van der Waals surface area contributed by atoms with Gasteiger partial charge in [-0.25, -0.2) is 0 Å². The molecule has 0 aliphatic carbocycles. The van der Waals surface area contributed by atoms with Crippen LogP contribution in [0.3, 0.4) is 0 Å². The van der Waals surface area contributed by atoms with E-state index in [-0.39, 0.29) is 11.9 Å². The van der Waals surface area contributed by atoms with Crippen LogP contribution in [0.15, 0.2) is 18.2 Å². The van der Waals surface area contributed by atoms with Crippen molar-refractivity contribution in [1.29, 1.82) is 0 Å². The SMILES string of the molecule is COc1ccc(C(=O)CCN)cc1OC1CCN(C)C1. The van der Waals surface area contributed by atoms with E-state index in [9.17, 15) is 4.79 Å². The summed E-state index contributed by atoms with van der Waals surface area (Å²) in [6.45, 7) is 2.28. The molecule has 1 aliphatic rings. The van der Waals surface area contributed by atoms with Crippen molar-refractivity contribution < 1.29 is 14.3 Å². The molecule has 20 heavy (non-hydrogen) atoms. The summed E-state index contributed by atoms with van der Waals surface area (Å²) in [6.07, 6.45) is 1.48. The lowest BCUT2D eigenvalue weighted by Crippen LogP contribution is -2.21. The topological polar surface area (TPSA) is 64.8 Å². The quantitative estimate of drug-likeness (QED) is 0.795. The second kappa shape index (κ2) is 6.72. The molecule has 1 fully saturated rings. The van der Waals surface area contributed by atoms with Crippen LogP contribution < -0.4 is 15.2 Å². The van der Waals surface area contributed by atoms with E-state index in [0.717, 1.165) is 19.5 Å². The molecule has 1 saturated heterocycles. The summed E-state index contributed by atoms with van der Waals surface area (Å²) in [5, 5.41) is 0. The van der Waals surface area contributed by atoms with Gasteiger partial charge in [0.2, 0.25) is 0 Å². The van der Waals surface area contributed by atoms with Crippen LogP contribution in [0, 0.1) is 0 Å². The molecular formula is C15H22N2O3. The third kappa shape index (κ3) is 3.49. The van der Waals surface area contributed by atoms with Gasteiger partial charge < -0.3 is 20.1 Å². The molecule has 0 amide bonds. The lowest BCUT2D eigenvalue weighted by Gasteiger charge is -2.17. The van der Waals surface area contributed by atoms with Crippen molar-refractivity contribution >= 4 is 5.78 Å². The van der Waals surface area contributed by atoms with Gasteiger partial charge in [-0.05, 0) is 38.2 Å². The predicted octanol–water partition coefficient (Wildman–Crippen LogP) is 1.31. The Kier molecular flexibility index (Phi) is 4.98. The van der Waals surface area contributed by atoms with Crippen molar-refractivity contribution in [3.05, 3.63) is 23.8 Å². The van der Waals surface area contributed by atoms with Gasteiger partial charge in [0, 0.05) is 25.1 Å². The maximum absolute atomic E-state index is 11.9. The normalized spacial score (nSPS) is 19.1. The summed E-state index contributed by atoms with van der Waals surface area (Å²) < 4.78 is 11.3. The monoisotopic (exact) mass is 278 g/mol. The second-order valence-electron chi connectivity index (χ2n) is 5.12. The number of hydrogen-bond acceptors (Lipinski definition) is 5. The molecule has 5 heteroatoms. The highest BCUT2D eigenvalue weighted by Gasteiger charge is 2.22. The maximum atomic E-state index is 11.9. The van der Waals surface area contributed by atoms with Gasteiger partial charge in [0.1, 0.15) is 6.10 Å². The smallest absolute Gasteiger partial charge is 0.164 e. The van der Waals surface area contributed by atoms with E-state index in [1.54, 1.807) is 25.3 Å². The van der Waals surface area contributed by atoms with Crippen molar-refractivity contribution in [3.63, 3.8) is 0 Å². The van der Waals surface area contributed by atoms with Gasteiger partial charge in [-0.2, -0.15) is 0 Å². The number of ketones is 1. The lowest BCUT2D eigenvalue weighted by atomic mass is 10.1. The summed E-state index contributed by atoms with van der Waals surface area (Å²) in [5.41, 5.74) is 6.05. The molecule has 0 saturated carbocycles. The average Bonchev–Trinajstić information content (AvgIpc) is 2.84. The Labute approximate surface area is 119 Å². The molecule has 0 bridgehead atoms. The van der Waals surface area contributed by atoms with Crippen LogP contribution in [0.5, 0.6) is 11.5 Å². The molecule has 1 aromatic carbocycles.